The molecule has 43 heavy (non-hydrogen) atoms. The van der Waals surface area contributed by atoms with Gasteiger partial charge >= 0.3 is 5.97 Å². The van der Waals surface area contributed by atoms with E-state index in [4.69, 9.17) is 11.5 Å². The van der Waals surface area contributed by atoms with Crippen LogP contribution in [0.1, 0.15) is 24.0 Å². The Bertz CT molecular complexity index is 1440. The van der Waals surface area contributed by atoms with Gasteiger partial charge in [-0.25, -0.2) is 4.79 Å². The summed E-state index contributed by atoms with van der Waals surface area (Å²) in [5.41, 5.74) is 13.7. The molecule has 0 bridgehead atoms. The Hall–Kier alpha value is -4.56. The van der Waals surface area contributed by atoms with E-state index in [9.17, 15) is 34.2 Å². The third-order valence-corrected chi connectivity index (χ3v) is 7.37. The van der Waals surface area contributed by atoms with Gasteiger partial charge in [-0.05, 0) is 54.2 Å². The van der Waals surface area contributed by atoms with E-state index in [1.165, 1.54) is 23.9 Å². The predicted octanol–water partition coefficient (Wildman–Crippen LogP) is 0.154. The Morgan fingerprint density at radius 3 is 2.16 bits per heavy atom. The number of thioether (sulfide) groups is 1. The number of H-pyrrole nitrogens is 1. The van der Waals surface area contributed by atoms with Crippen molar-refractivity contribution in [2.45, 2.75) is 49.9 Å². The number of nitrogens with two attached hydrogens (primary N) is 2. The van der Waals surface area contributed by atoms with Crippen molar-refractivity contribution in [1.29, 1.82) is 0 Å². The molecule has 4 atom stereocenters. The Kier molecular flexibility index (Phi) is 12.0. The SMILES string of the molecule is CSCCC(NC(=O)C(CC(N)=O)NC(=O)C(Cc1c[nH]c2ccccc12)NC(=O)C(N)Cc1ccc(O)cc1)C(=O)O. The number of rotatable bonds is 16. The fourth-order valence-electron chi connectivity index (χ4n) is 4.44. The molecule has 0 aliphatic carbocycles. The summed E-state index contributed by atoms with van der Waals surface area (Å²) in [6, 6.07) is 8.51. The van der Waals surface area contributed by atoms with Crippen molar-refractivity contribution < 1.29 is 34.2 Å². The van der Waals surface area contributed by atoms with Crippen molar-refractivity contribution in [3.63, 3.8) is 0 Å². The molecule has 0 saturated carbocycles. The van der Waals surface area contributed by atoms with Gasteiger partial charge in [-0.1, -0.05) is 30.3 Å². The zero-order chi connectivity index (χ0) is 31.5. The molecule has 0 aliphatic heterocycles. The van der Waals surface area contributed by atoms with Crippen molar-refractivity contribution in [1.82, 2.24) is 20.9 Å². The second-order valence-corrected chi connectivity index (χ2v) is 11.0. The average molecular weight is 613 g/mol. The normalized spacial score (nSPS) is 13.8. The number of phenols is 1. The lowest BCUT2D eigenvalue weighted by Gasteiger charge is -2.25. The Balaban J connectivity index is 1.82. The number of aromatic hydroxyl groups is 1. The number of primary amides is 1. The number of aromatic nitrogens is 1. The summed E-state index contributed by atoms with van der Waals surface area (Å²) in [4.78, 5) is 66.3. The monoisotopic (exact) mass is 612 g/mol. The minimum atomic E-state index is -1.49. The van der Waals surface area contributed by atoms with Gasteiger partial charge in [0, 0.05) is 23.5 Å². The van der Waals surface area contributed by atoms with Gasteiger partial charge < -0.3 is 42.6 Å². The maximum Gasteiger partial charge on any atom is 0.326 e. The first-order valence-corrected chi connectivity index (χ1v) is 14.9. The van der Waals surface area contributed by atoms with Gasteiger partial charge in [0.05, 0.1) is 12.5 Å². The number of carbonyl (C=O) groups excluding carboxylic acids is 4. The van der Waals surface area contributed by atoms with Crippen LogP contribution in [0.3, 0.4) is 0 Å². The first-order chi connectivity index (χ1) is 20.5. The molecule has 13 nitrogen and oxygen atoms in total. The number of phenolic OH excluding ortho intramolecular Hbond substituents is 1. The number of carboxylic acids is 1. The molecule has 2 aromatic carbocycles. The van der Waals surface area contributed by atoms with Crippen LogP contribution in [-0.4, -0.2) is 81.0 Å². The third-order valence-electron chi connectivity index (χ3n) is 6.72. The van der Waals surface area contributed by atoms with E-state index < -0.39 is 60.2 Å². The molecule has 3 aromatic rings. The van der Waals surface area contributed by atoms with Crippen LogP contribution < -0.4 is 27.4 Å². The van der Waals surface area contributed by atoms with Crippen LogP contribution in [0.5, 0.6) is 5.75 Å². The fraction of sp³-hybridized carbons (Fsp3) is 0.345. The molecule has 3 rings (SSSR count). The van der Waals surface area contributed by atoms with Crippen LogP contribution >= 0.6 is 11.8 Å². The van der Waals surface area contributed by atoms with Crippen LogP contribution in [0, 0.1) is 0 Å². The summed E-state index contributed by atoms with van der Waals surface area (Å²) < 4.78 is 0. The standard InChI is InChI=1S/C29H36N6O7S/c1-43-11-10-22(29(41)42)33-28(40)24(14-25(31)37)35-27(39)23(13-17-15-32-21-5-3-2-4-19(17)21)34-26(38)20(30)12-16-6-8-18(36)9-7-16/h2-9,15,20,22-24,32,36H,10-14,30H2,1H3,(H2,31,37)(H,33,40)(H,34,38)(H,35,39)(H,41,42). The van der Waals surface area contributed by atoms with Crippen molar-refractivity contribution in [2.24, 2.45) is 11.5 Å². The predicted molar refractivity (Wildman–Crippen MR) is 162 cm³/mol. The van der Waals surface area contributed by atoms with Crippen LogP contribution in [0.2, 0.25) is 0 Å². The van der Waals surface area contributed by atoms with E-state index in [1.807, 2.05) is 24.3 Å². The third kappa shape index (κ3) is 9.75. The largest absolute Gasteiger partial charge is 0.508 e. The summed E-state index contributed by atoms with van der Waals surface area (Å²) in [6.45, 7) is 0. The molecule has 0 spiro atoms. The van der Waals surface area contributed by atoms with Crippen molar-refractivity contribution in [3.05, 3.63) is 65.9 Å². The quantitative estimate of drug-likeness (QED) is 0.110. The van der Waals surface area contributed by atoms with Gasteiger partial charge in [0.1, 0.15) is 23.9 Å². The lowest BCUT2D eigenvalue weighted by atomic mass is 10.0. The van der Waals surface area contributed by atoms with E-state index in [0.29, 0.717) is 16.9 Å². The van der Waals surface area contributed by atoms with Gasteiger partial charge in [-0.2, -0.15) is 11.8 Å². The van der Waals surface area contributed by atoms with Crippen molar-refractivity contribution >= 4 is 52.3 Å². The number of carboxylic acid groups (broad SMARTS) is 1. The minimum absolute atomic E-state index is 0.00387. The number of para-hydroxylation sites is 1. The van der Waals surface area contributed by atoms with Gasteiger partial charge in [0.15, 0.2) is 0 Å². The second kappa shape index (κ2) is 15.6. The maximum atomic E-state index is 13.6. The van der Waals surface area contributed by atoms with Gasteiger partial charge in [0.25, 0.3) is 0 Å². The Labute approximate surface area is 252 Å². The highest BCUT2D eigenvalue weighted by Gasteiger charge is 2.31. The highest BCUT2D eigenvalue weighted by atomic mass is 32.2. The topological polar surface area (TPSA) is 230 Å². The van der Waals surface area contributed by atoms with Crippen LogP contribution in [0.25, 0.3) is 10.9 Å². The first kappa shape index (κ1) is 32.9. The molecule has 1 heterocycles. The molecule has 0 radical (unpaired) electrons. The lowest BCUT2D eigenvalue weighted by molar-refractivity contribution is -0.142. The number of nitrogens with one attached hydrogen (secondary N) is 4. The summed E-state index contributed by atoms with van der Waals surface area (Å²) in [7, 11) is 0. The molecule has 230 valence electrons. The van der Waals surface area contributed by atoms with E-state index in [2.05, 4.69) is 20.9 Å². The van der Waals surface area contributed by atoms with Gasteiger partial charge in [0.2, 0.25) is 23.6 Å². The van der Waals surface area contributed by atoms with Gasteiger partial charge in [-0.3, -0.25) is 19.2 Å². The molecule has 10 N–H and O–H groups in total. The van der Waals surface area contributed by atoms with Crippen molar-refractivity contribution in [2.75, 3.05) is 12.0 Å². The zero-order valence-electron chi connectivity index (χ0n) is 23.5. The summed E-state index contributed by atoms with van der Waals surface area (Å²) >= 11 is 1.40. The van der Waals surface area contributed by atoms with Crippen LogP contribution in [0.4, 0.5) is 0 Å². The Morgan fingerprint density at radius 1 is 0.884 bits per heavy atom. The number of hydrogen-bond donors (Lipinski definition) is 8. The first-order valence-electron chi connectivity index (χ1n) is 13.5. The number of aromatic amines is 1. The smallest absolute Gasteiger partial charge is 0.326 e. The number of amides is 4. The summed E-state index contributed by atoms with van der Waals surface area (Å²) in [5, 5.41) is 27.3. The molecule has 0 aliphatic rings. The molecular weight excluding hydrogens is 576 g/mol. The van der Waals surface area contributed by atoms with Gasteiger partial charge in [-0.15, -0.1) is 0 Å². The van der Waals surface area contributed by atoms with E-state index in [1.54, 1.807) is 24.6 Å². The number of fused-ring (bicyclic) bond motifs is 1. The molecule has 4 amide bonds. The average Bonchev–Trinajstić information content (AvgIpc) is 3.37. The highest BCUT2D eigenvalue weighted by Crippen LogP contribution is 2.19. The number of aliphatic carboxylic acids is 1. The maximum absolute atomic E-state index is 13.6. The Morgan fingerprint density at radius 2 is 1.51 bits per heavy atom. The zero-order valence-corrected chi connectivity index (χ0v) is 24.4. The van der Waals surface area contributed by atoms with Crippen LogP contribution in [0.15, 0.2) is 54.7 Å². The second-order valence-electron chi connectivity index (χ2n) is 10.0. The minimum Gasteiger partial charge on any atom is -0.508 e. The van der Waals surface area contributed by atoms with E-state index in [0.717, 1.165) is 10.9 Å². The number of benzene rings is 2. The molecule has 14 heteroatoms. The molecular formula is C29H36N6O7S. The molecule has 1 aromatic heterocycles. The highest BCUT2D eigenvalue weighted by molar-refractivity contribution is 7.98. The molecule has 0 fully saturated rings. The van der Waals surface area contributed by atoms with E-state index >= 15 is 0 Å². The fourth-order valence-corrected chi connectivity index (χ4v) is 4.91. The van der Waals surface area contributed by atoms with Crippen molar-refractivity contribution in [3.8, 4) is 5.75 Å². The molecule has 0 saturated heterocycles. The number of hydrogen-bond acceptors (Lipinski definition) is 8. The summed E-state index contributed by atoms with van der Waals surface area (Å²) in [5.74, 6) is -4.00. The number of carbonyl (C=O) groups is 5. The lowest BCUT2D eigenvalue weighted by Crippen LogP contribution is -2.58. The van der Waals surface area contributed by atoms with E-state index in [-0.39, 0.29) is 25.0 Å². The summed E-state index contributed by atoms with van der Waals surface area (Å²) in [6.07, 6.45) is 3.13. The van der Waals surface area contributed by atoms with Crippen LogP contribution in [-0.2, 0) is 36.8 Å². The molecule has 4 unspecified atom stereocenters.